The minimum Gasteiger partial charge on any atom is -0.453 e. The summed E-state index contributed by atoms with van der Waals surface area (Å²) < 4.78 is 5.90. The van der Waals surface area contributed by atoms with Crippen molar-refractivity contribution in [1.29, 1.82) is 0 Å². The second-order valence-corrected chi connectivity index (χ2v) is 6.76. The zero-order valence-corrected chi connectivity index (χ0v) is 14.6. The van der Waals surface area contributed by atoms with Gasteiger partial charge in [-0.1, -0.05) is 11.8 Å². The number of benzene rings is 1. The molecule has 1 aromatic carbocycles. The van der Waals surface area contributed by atoms with Crippen LogP contribution >= 0.6 is 11.8 Å². The number of rotatable bonds is 5. The van der Waals surface area contributed by atoms with Crippen LogP contribution in [0.4, 0.5) is 0 Å². The molecule has 0 aliphatic carbocycles. The zero-order chi connectivity index (χ0) is 18.2. The van der Waals surface area contributed by atoms with E-state index >= 15 is 0 Å². The third kappa shape index (κ3) is 3.08. The number of thioether (sulfide) groups is 1. The highest BCUT2D eigenvalue weighted by Crippen LogP contribution is 2.29. The third-order valence-electron chi connectivity index (χ3n) is 3.98. The Morgan fingerprint density at radius 1 is 1.11 bits per heavy atom. The molecule has 3 N–H and O–H groups in total. The number of nitrogens with zero attached hydrogens (tertiary/aromatic N) is 5. The van der Waals surface area contributed by atoms with Gasteiger partial charge in [0.15, 0.2) is 11.6 Å². The van der Waals surface area contributed by atoms with Crippen LogP contribution in [0.5, 0.6) is 0 Å². The molecule has 10 nitrogen and oxygen atoms in total. The molecular weight excluding hydrogens is 368 g/mol. The first kappa shape index (κ1) is 15.8. The van der Waals surface area contributed by atoms with Gasteiger partial charge in [0.05, 0.1) is 16.7 Å². The van der Waals surface area contributed by atoms with Crippen molar-refractivity contribution in [2.45, 2.75) is 5.16 Å². The molecule has 0 fully saturated rings. The summed E-state index contributed by atoms with van der Waals surface area (Å²) in [7, 11) is 0. The first-order chi connectivity index (χ1) is 13.2. The number of aromatic nitrogens is 5. The standard InChI is InChI=1S/C16H12N8O2S/c25-15-18-10-2-1-8(5-11(10)19-15)12-3-4-13(26-12)14-20-16(23-22-14)27-7-9-6-17-24-21-9/h1-5H,6-7H2,(H2,18,19,25)(H,20,22,23). The van der Waals surface area contributed by atoms with Gasteiger partial charge in [0, 0.05) is 11.3 Å². The van der Waals surface area contributed by atoms with E-state index in [2.05, 4.69) is 40.6 Å². The van der Waals surface area contributed by atoms with Crippen LogP contribution in [0.2, 0.25) is 0 Å². The van der Waals surface area contributed by atoms with Crippen molar-refractivity contribution in [2.75, 3.05) is 12.3 Å². The normalized spacial score (nSPS) is 13.6. The number of fused-ring (bicyclic) bond motifs is 1. The highest BCUT2D eigenvalue weighted by atomic mass is 32.2. The summed E-state index contributed by atoms with van der Waals surface area (Å²) in [5.41, 5.74) is 2.98. The molecule has 27 heavy (non-hydrogen) atoms. The van der Waals surface area contributed by atoms with Gasteiger partial charge in [-0.2, -0.15) is 10.1 Å². The lowest BCUT2D eigenvalue weighted by Gasteiger charge is -1.97. The van der Waals surface area contributed by atoms with Crippen LogP contribution in [-0.2, 0) is 0 Å². The topological polar surface area (TPSA) is 140 Å². The Morgan fingerprint density at radius 2 is 2.00 bits per heavy atom. The Labute approximate surface area is 155 Å². The summed E-state index contributed by atoms with van der Waals surface area (Å²) in [5, 5.41) is 19.0. The van der Waals surface area contributed by atoms with E-state index in [1.165, 1.54) is 11.8 Å². The Kier molecular flexibility index (Phi) is 3.71. The largest absolute Gasteiger partial charge is 0.453 e. The maximum atomic E-state index is 11.4. The quantitative estimate of drug-likeness (QED) is 0.457. The fourth-order valence-corrected chi connectivity index (χ4v) is 3.40. The van der Waals surface area contributed by atoms with Crippen molar-refractivity contribution < 1.29 is 4.42 Å². The molecular formula is C16H12N8O2S. The average molecular weight is 380 g/mol. The average Bonchev–Trinajstić information content (AvgIpc) is 3.44. The van der Waals surface area contributed by atoms with E-state index in [1.807, 2.05) is 30.3 Å². The number of H-pyrrole nitrogens is 3. The fourth-order valence-electron chi connectivity index (χ4n) is 2.69. The molecule has 0 radical (unpaired) electrons. The predicted molar refractivity (Wildman–Crippen MR) is 99.9 cm³/mol. The van der Waals surface area contributed by atoms with Gasteiger partial charge in [-0.25, -0.2) is 4.79 Å². The van der Waals surface area contributed by atoms with Gasteiger partial charge < -0.3 is 14.4 Å². The second-order valence-electron chi connectivity index (χ2n) is 5.81. The number of hydrogen-bond acceptors (Lipinski definition) is 8. The summed E-state index contributed by atoms with van der Waals surface area (Å²) in [4.78, 5) is 21.3. The molecule has 0 spiro atoms. The first-order valence-corrected chi connectivity index (χ1v) is 9.03. The van der Waals surface area contributed by atoms with Gasteiger partial charge in [-0.15, -0.1) is 10.2 Å². The van der Waals surface area contributed by atoms with Crippen LogP contribution in [0, 0.1) is 0 Å². The van der Waals surface area contributed by atoms with E-state index in [0.717, 1.165) is 22.3 Å². The van der Waals surface area contributed by atoms with Gasteiger partial charge in [0.2, 0.25) is 5.16 Å². The monoisotopic (exact) mass is 380 g/mol. The van der Waals surface area contributed by atoms with Crippen LogP contribution < -0.4 is 5.69 Å². The molecule has 4 heterocycles. The lowest BCUT2D eigenvalue weighted by Crippen LogP contribution is -2.02. The van der Waals surface area contributed by atoms with Crippen LogP contribution in [-0.4, -0.2) is 43.2 Å². The number of nitrogens with one attached hydrogen (secondary N) is 3. The van der Waals surface area contributed by atoms with E-state index in [4.69, 9.17) is 4.42 Å². The molecule has 0 bridgehead atoms. The molecule has 0 unspecified atom stereocenters. The molecule has 0 amide bonds. The molecule has 3 aromatic heterocycles. The fraction of sp³-hybridized carbons (Fsp3) is 0.125. The molecule has 0 saturated heterocycles. The van der Waals surface area contributed by atoms with E-state index in [0.29, 0.717) is 34.8 Å². The number of hydrogen-bond donors (Lipinski definition) is 3. The van der Waals surface area contributed by atoms with Gasteiger partial charge in [0.1, 0.15) is 12.3 Å². The SMILES string of the molecule is O=c1[nH]c2ccc(-c3ccc(-c4nc(SCC5=NN=NC5)n[nH]4)o3)cc2[nH]1. The Balaban J connectivity index is 1.35. The highest BCUT2D eigenvalue weighted by Gasteiger charge is 2.13. The Bertz CT molecular complexity index is 1240. The van der Waals surface area contributed by atoms with E-state index < -0.39 is 0 Å². The number of imidazole rings is 1. The molecule has 5 rings (SSSR count). The zero-order valence-electron chi connectivity index (χ0n) is 13.8. The van der Waals surface area contributed by atoms with Crippen LogP contribution in [0.25, 0.3) is 33.9 Å². The van der Waals surface area contributed by atoms with Crippen molar-refractivity contribution in [1.82, 2.24) is 25.1 Å². The third-order valence-corrected chi connectivity index (χ3v) is 4.89. The van der Waals surface area contributed by atoms with Gasteiger partial charge >= 0.3 is 5.69 Å². The second kappa shape index (κ2) is 6.36. The summed E-state index contributed by atoms with van der Waals surface area (Å²) in [6, 6.07) is 9.25. The minimum atomic E-state index is -0.236. The maximum absolute atomic E-state index is 11.4. The highest BCUT2D eigenvalue weighted by molar-refractivity contribution is 7.99. The lowest BCUT2D eigenvalue weighted by molar-refractivity contribution is 0.592. The molecule has 134 valence electrons. The predicted octanol–water partition coefficient (Wildman–Crippen LogP) is 2.82. The van der Waals surface area contributed by atoms with E-state index in [-0.39, 0.29) is 5.69 Å². The smallest absolute Gasteiger partial charge is 0.323 e. The summed E-state index contributed by atoms with van der Waals surface area (Å²) in [6.07, 6.45) is 0. The number of furan rings is 1. The summed E-state index contributed by atoms with van der Waals surface area (Å²) >= 11 is 1.46. The first-order valence-electron chi connectivity index (χ1n) is 8.05. The Hall–Kier alpha value is -3.47. The van der Waals surface area contributed by atoms with Gasteiger partial charge in [-0.3, -0.25) is 5.10 Å². The van der Waals surface area contributed by atoms with Crippen molar-refractivity contribution in [3.05, 3.63) is 40.8 Å². The van der Waals surface area contributed by atoms with Gasteiger partial charge in [0.25, 0.3) is 0 Å². The molecule has 4 aromatic rings. The lowest BCUT2D eigenvalue weighted by atomic mass is 10.1. The van der Waals surface area contributed by atoms with Crippen molar-refractivity contribution in [2.24, 2.45) is 15.4 Å². The van der Waals surface area contributed by atoms with Crippen molar-refractivity contribution in [3.63, 3.8) is 0 Å². The molecule has 0 atom stereocenters. The van der Waals surface area contributed by atoms with Crippen molar-refractivity contribution >= 4 is 28.5 Å². The summed E-state index contributed by atoms with van der Waals surface area (Å²) in [6.45, 7) is 0.530. The maximum Gasteiger partial charge on any atom is 0.323 e. The molecule has 0 saturated carbocycles. The minimum absolute atomic E-state index is 0.236. The summed E-state index contributed by atoms with van der Waals surface area (Å²) in [5.74, 6) is 2.43. The molecule has 11 heteroatoms. The van der Waals surface area contributed by atoms with E-state index in [9.17, 15) is 4.79 Å². The molecule has 1 aliphatic heterocycles. The number of aromatic amines is 3. The van der Waals surface area contributed by atoms with Gasteiger partial charge in [-0.05, 0) is 35.6 Å². The van der Waals surface area contributed by atoms with Crippen LogP contribution in [0.15, 0.2) is 60.1 Å². The Morgan fingerprint density at radius 3 is 2.89 bits per heavy atom. The van der Waals surface area contributed by atoms with E-state index in [1.54, 1.807) is 0 Å². The van der Waals surface area contributed by atoms with Crippen molar-refractivity contribution in [3.8, 4) is 22.9 Å². The van der Waals surface area contributed by atoms with Crippen LogP contribution in [0.1, 0.15) is 0 Å². The van der Waals surface area contributed by atoms with Crippen LogP contribution in [0.3, 0.4) is 0 Å². The molecule has 1 aliphatic rings.